The Morgan fingerprint density at radius 1 is 0.289 bits per heavy atom. The van der Waals surface area contributed by atoms with Crippen LogP contribution in [-0.2, 0) is 28.0 Å². The summed E-state index contributed by atoms with van der Waals surface area (Å²) in [6.45, 7) is 0. The van der Waals surface area contributed by atoms with E-state index in [2.05, 4.69) is 19.9 Å². The molecule has 0 fully saturated rings. The molecule has 4 aromatic carbocycles. The van der Waals surface area contributed by atoms with E-state index in [1.54, 1.807) is 0 Å². The first kappa shape index (κ1) is 63.6. The van der Waals surface area contributed by atoms with E-state index >= 15 is 0 Å². The van der Waals surface area contributed by atoms with Crippen molar-refractivity contribution in [1.82, 2.24) is 19.9 Å². The molecule has 0 atom stereocenters. The maximum Gasteiger partial charge on any atom is 2.00 e. The van der Waals surface area contributed by atoms with Gasteiger partial charge in [-0.25, -0.2) is 9.97 Å². The first-order valence-electron chi connectivity index (χ1n) is 21.0. The van der Waals surface area contributed by atoms with Crippen LogP contribution >= 0.6 is 92.8 Å². The molecule has 2 aliphatic heterocycles. The molecular weight excluding hydrogens is 1320 g/mol. The molecule has 9 rings (SSSR count). The Morgan fingerprint density at radius 3 is 0.578 bits per heavy atom. The SMILES string of the molecule is O=[N+]([O-])C1=C([N+](=O)[O-])c2nc1c(-c1c(Cl)cccc1Cl)c1[n-]c(c(-c3c(Cl)cccc3Cl)c3nc(c(-c4c(Cl)cccc4Cl)c4[n-]c(c2-c2c(Cl)cccc2Cl)c([N+](=O)[O-])c4[N+](=O)[O-])C([N+](=O)[O-])=C3[N+](=O)[O-])c([N+](=O)[O-])c1[N+](=O)[O-].[Fe+2].[OH3+].[OH3+]. The standard InChI is InChI=1S/C44H12Cl8N12O16.Fe.2H2O/c45-13-5-1-6-14(46)21(13)25-29-37(57(65)66)39(59(69)70)31(53-29)26(22-15(47)7-2-8-16(22)48)33-41(61(73)74)43(63(77)78)35(55-33)28(24-19(51)11-4-12-20(24)52)36-44(64(79)80)42(62(75)76)34(56-36)27(23-17(49)9-3-10-18(23)50)32-40(60(71)72)38(58(67)68)30(25)54-32;;;/h1-12H;;2*1H2/q-2;+2;;/p+2. The first-order chi connectivity index (χ1) is 37.7. The molecule has 0 aliphatic carbocycles. The zero-order chi connectivity index (χ0) is 58.4. The summed E-state index contributed by atoms with van der Waals surface area (Å²) in [6, 6.07) is 12.6. The Hall–Kier alpha value is -8.56. The van der Waals surface area contributed by atoms with Gasteiger partial charge in [-0.1, -0.05) is 117 Å². The molecular formula is C44H18Cl8FeN12O18+2. The molecule has 5 heterocycles. The van der Waals surface area contributed by atoms with Crippen molar-refractivity contribution in [3.63, 3.8) is 0 Å². The molecule has 0 unspecified atom stereocenters. The van der Waals surface area contributed by atoms with Crippen LogP contribution in [0.1, 0.15) is 22.8 Å². The van der Waals surface area contributed by atoms with Crippen LogP contribution < -0.4 is 9.97 Å². The van der Waals surface area contributed by atoms with Crippen molar-refractivity contribution >= 4 is 160 Å². The maximum absolute atomic E-state index is 13.7. The quantitative estimate of drug-likeness (QED) is 0.0474. The molecule has 0 spiro atoms. The number of benzene rings is 4. The molecule has 6 N–H and O–H groups in total. The van der Waals surface area contributed by atoms with Crippen molar-refractivity contribution in [2.45, 2.75) is 0 Å². The second-order valence-corrected chi connectivity index (χ2v) is 19.2. The van der Waals surface area contributed by atoms with Crippen molar-refractivity contribution < 1.29 is 67.4 Å². The largest absolute Gasteiger partial charge is 2.00 e. The summed E-state index contributed by atoms with van der Waals surface area (Å²) < 4.78 is 0. The molecule has 0 radical (unpaired) electrons. The van der Waals surface area contributed by atoms with Gasteiger partial charge in [0.15, 0.2) is 22.8 Å². The Kier molecular flexibility index (Phi) is 18.2. The van der Waals surface area contributed by atoms with Crippen LogP contribution in [0.4, 0.5) is 22.7 Å². The minimum atomic E-state index is -1.83. The summed E-state index contributed by atoms with van der Waals surface area (Å²) in [7, 11) is 0. The summed E-state index contributed by atoms with van der Waals surface area (Å²) in [5, 5.41) is 104. The first-order valence-corrected chi connectivity index (χ1v) is 24.0. The van der Waals surface area contributed by atoms with Crippen LogP contribution in [0.15, 0.2) is 72.8 Å². The maximum atomic E-state index is 13.7. The zero-order valence-corrected chi connectivity index (χ0v) is 46.5. The number of aromatic nitrogens is 4. The molecule has 424 valence electrons. The van der Waals surface area contributed by atoms with Crippen LogP contribution in [0.5, 0.6) is 0 Å². The van der Waals surface area contributed by atoms with Gasteiger partial charge in [-0.15, -0.1) is 0 Å². The number of hydrogen-bond donors (Lipinski definition) is 0. The molecule has 0 saturated carbocycles. The number of nitrogens with zero attached hydrogens (tertiary/aromatic N) is 12. The summed E-state index contributed by atoms with van der Waals surface area (Å²) in [4.78, 5) is 115. The van der Waals surface area contributed by atoms with Gasteiger partial charge in [0.2, 0.25) is 0 Å². The van der Waals surface area contributed by atoms with Crippen LogP contribution in [0.2, 0.25) is 40.2 Å². The summed E-state index contributed by atoms with van der Waals surface area (Å²) in [5.41, 5.74) is -34.9. The van der Waals surface area contributed by atoms with Gasteiger partial charge in [0.1, 0.15) is 0 Å². The Balaban J connectivity index is 0.00000369. The fraction of sp³-hybridized carbons (Fsp3) is 0. The Labute approximate surface area is 505 Å². The fourth-order valence-electron chi connectivity index (χ4n) is 8.89. The third kappa shape index (κ3) is 10.2. The molecule has 30 nitrogen and oxygen atoms in total. The topological polar surface area (TPSA) is 465 Å². The second-order valence-electron chi connectivity index (χ2n) is 16.0. The van der Waals surface area contributed by atoms with Gasteiger partial charge in [0.05, 0.1) is 39.4 Å². The van der Waals surface area contributed by atoms with Crippen molar-refractivity contribution in [3.8, 4) is 44.5 Å². The minimum Gasteiger partial charge on any atom is -0.645 e. The molecule has 8 bridgehead atoms. The molecule has 2 aliphatic rings. The summed E-state index contributed by atoms with van der Waals surface area (Å²) in [5.74, 6) is 0. The molecule has 0 amide bonds. The molecule has 7 aromatic rings. The third-order valence-corrected chi connectivity index (χ3v) is 14.3. The zero-order valence-electron chi connectivity index (χ0n) is 39.4. The van der Waals surface area contributed by atoms with Crippen molar-refractivity contribution in [1.29, 1.82) is 0 Å². The average molecular weight is 1340 g/mol. The van der Waals surface area contributed by atoms with E-state index in [0.717, 1.165) is 72.8 Å². The van der Waals surface area contributed by atoms with Crippen LogP contribution in [0, 0.1) is 80.9 Å². The Morgan fingerprint density at radius 2 is 0.446 bits per heavy atom. The van der Waals surface area contributed by atoms with E-state index in [1.807, 2.05) is 0 Å². The van der Waals surface area contributed by atoms with E-state index in [9.17, 15) is 80.9 Å². The van der Waals surface area contributed by atoms with E-state index in [0.29, 0.717) is 0 Å². The minimum absolute atomic E-state index is 0. The van der Waals surface area contributed by atoms with Gasteiger partial charge < -0.3 is 20.9 Å². The molecule has 83 heavy (non-hydrogen) atoms. The van der Waals surface area contributed by atoms with Crippen LogP contribution in [-0.4, -0.2) is 49.4 Å². The predicted octanol–water partition coefficient (Wildman–Crippen LogP) is 12.0. The van der Waals surface area contributed by atoms with Gasteiger partial charge >= 0.3 is 62.6 Å². The number of halogens is 8. The van der Waals surface area contributed by atoms with Gasteiger partial charge in [-0.2, -0.15) is 0 Å². The second kappa shape index (κ2) is 23.7. The van der Waals surface area contributed by atoms with Gasteiger partial charge in [0.25, 0.3) is 0 Å². The van der Waals surface area contributed by atoms with Crippen molar-refractivity contribution in [2.24, 2.45) is 0 Å². The van der Waals surface area contributed by atoms with Crippen molar-refractivity contribution in [3.05, 3.63) is 217 Å². The third-order valence-electron chi connectivity index (χ3n) is 11.8. The van der Waals surface area contributed by atoms with E-state index < -0.39 is 214 Å². The molecule has 39 heteroatoms. The number of fused-ring (bicyclic) bond motifs is 8. The number of hydrogen-bond acceptors (Lipinski definition) is 18. The van der Waals surface area contributed by atoms with Crippen molar-refractivity contribution in [2.75, 3.05) is 0 Å². The average Bonchev–Trinajstić information content (AvgIpc) is 4.15. The predicted molar refractivity (Wildman–Crippen MR) is 299 cm³/mol. The Bertz CT molecular complexity index is 3800. The fourth-order valence-corrected chi connectivity index (χ4v) is 11.2. The van der Waals surface area contributed by atoms with Gasteiger partial charge in [0, 0.05) is 84.7 Å². The van der Waals surface area contributed by atoms with Crippen LogP contribution in [0.25, 0.3) is 89.4 Å². The number of nitro groups is 8. The van der Waals surface area contributed by atoms with Crippen LogP contribution in [0.3, 0.4) is 0 Å². The summed E-state index contributed by atoms with van der Waals surface area (Å²) >= 11 is 53.7. The van der Waals surface area contributed by atoms with E-state index in [-0.39, 0.29) is 28.0 Å². The normalized spacial score (nSPS) is 11.8. The number of rotatable bonds is 12. The van der Waals surface area contributed by atoms with E-state index in [1.165, 1.54) is 0 Å². The monoisotopic (exact) mass is 1340 g/mol. The summed E-state index contributed by atoms with van der Waals surface area (Å²) in [6.07, 6.45) is 0. The van der Waals surface area contributed by atoms with Gasteiger partial charge in [-0.05, 0) is 70.6 Å². The smallest absolute Gasteiger partial charge is 0.645 e. The van der Waals surface area contributed by atoms with E-state index in [4.69, 9.17) is 92.8 Å². The van der Waals surface area contributed by atoms with Gasteiger partial charge in [-0.3, -0.25) is 80.9 Å². The molecule has 3 aromatic heterocycles. The molecule has 0 saturated heterocycles.